The standard InChI is InChI=1S/C25H35N3O3/c1-3-18-31-21-12-10-19(11-13-21)22-23(27-16-14-26(4-2)15-17-27)25(30)28(24(22)29)20-8-6-5-7-9-20/h10-13,20H,3-9,14-18H2,1-2H3. The summed E-state index contributed by atoms with van der Waals surface area (Å²) in [5.41, 5.74) is 1.99. The molecule has 0 N–H and O–H groups in total. The molecular formula is C25H35N3O3. The van der Waals surface area contributed by atoms with E-state index in [9.17, 15) is 9.59 Å². The number of likely N-dealkylation sites (N-methyl/N-ethyl adjacent to an activating group) is 1. The van der Waals surface area contributed by atoms with Gasteiger partial charge in [-0.1, -0.05) is 45.2 Å². The zero-order chi connectivity index (χ0) is 21.8. The third-order valence-corrected chi connectivity index (χ3v) is 6.78. The van der Waals surface area contributed by atoms with Gasteiger partial charge in [-0.15, -0.1) is 0 Å². The molecule has 2 fully saturated rings. The molecular weight excluding hydrogens is 390 g/mol. The molecule has 1 aliphatic carbocycles. The lowest BCUT2D eigenvalue weighted by Gasteiger charge is -2.36. The fourth-order valence-corrected chi connectivity index (χ4v) is 4.98. The minimum Gasteiger partial charge on any atom is -0.494 e. The minimum absolute atomic E-state index is 0.0327. The van der Waals surface area contributed by atoms with Gasteiger partial charge in [0.1, 0.15) is 11.4 Å². The van der Waals surface area contributed by atoms with Crippen molar-refractivity contribution >= 4 is 17.4 Å². The van der Waals surface area contributed by atoms with Crippen molar-refractivity contribution in [3.05, 3.63) is 35.5 Å². The summed E-state index contributed by atoms with van der Waals surface area (Å²) in [4.78, 5) is 33.4. The molecule has 2 heterocycles. The quantitative estimate of drug-likeness (QED) is 0.626. The van der Waals surface area contributed by atoms with Crippen LogP contribution in [0.25, 0.3) is 5.57 Å². The summed E-state index contributed by atoms with van der Waals surface area (Å²) >= 11 is 0. The van der Waals surface area contributed by atoms with Gasteiger partial charge in [-0.3, -0.25) is 14.5 Å². The van der Waals surface area contributed by atoms with E-state index in [4.69, 9.17) is 4.74 Å². The number of carbonyl (C=O) groups excluding carboxylic acids is 2. The molecule has 4 rings (SSSR count). The Labute approximate surface area is 185 Å². The van der Waals surface area contributed by atoms with Gasteiger partial charge in [-0.05, 0) is 43.5 Å². The number of hydrogen-bond acceptors (Lipinski definition) is 5. The van der Waals surface area contributed by atoms with Crippen molar-refractivity contribution in [3.8, 4) is 5.75 Å². The summed E-state index contributed by atoms with van der Waals surface area (Å²) in [6, 6.07) is 7.71. The number of amides is 2. The van der Waals surface area contributed by atoms with Gasteiger partial charge in [-0.2, -0.15) is 0 Å². The van der Waals surface area contributed by atoms with Crippen LogP contribution in [-0.2, 0) is 9.59 Å². The van der Waals surface area contributed by atoms with Crippen molar-refractivity contribution in [3.63, 3.8) is 0 Å². The number of hydrogen-bond donors (Lipinski definition) is 0. The van der Waals surface area contributed by atoms with Crippen molar-refractivity contribution in [1.29, 1.82) is 0 Å². The molecule has 0 radical (unpaired) electrons. The minimum atomic E-state index is -0.118. The van der Waals surface area contributed by atoms with E-state index in [0.29, 0.717) is 17.9 Å². The van der Waals surface area contributed by atoms with Crippen LogP contribution in [0, 0.1) is 0 Å². The Morgan fingerprint density at radius 3 is 2.19 bits per heavy atom. The highest BCUT2D eigenvalue weighted by atomic mass is 16.5. The molecule has 0 unspecified atom stereocenters. The summed E-state index contributed by atoms with van der Waals surface area (Å²) in [7, 11) is 0. The predicted molar refractivity (Wildman–Crippen MR) is 122 cm³/mol. The van der Waals surface area contributed by atoms with Crippen LogP contribution in [0.4, 0.5) is 0 Å². The lowest BCUT2D eigenvalue weighted by Crippen LogP contribution is -2.48. The van der Waals surface area contributed by atoms with Gasteiger partial charge in [0.15, 0.2) is 0 Å². The maximum Gasteiger partial charge on any atom is 0.278 e. The summed E-state index contributed by atoms with van der Waals surface area (Å²) in [6.45, 7) is 9.32. The lowest BCUT2D eigenvalue weighted by atomic mass is 9.94. The van der Waals surface area contributed by atoms with E-state index in [1.165, 1.54) is 6.42 Å². The molecule has 2 amide bonds. The van der Waals surface area contributed by atoms with E-state index >= 15 is 0 Å². The van der Waals surface area contributed by atoms with E-state index in [1.54, 1.807) is 4.90 Å². The molecule has 1 aromatic carbocycles. The number of piperazine rings is 1. The van der Waals surface area contributed by atoms with E-state index < -0.39 is 0 Å². The summed E-state index contributed by atoms with van der Waals surface area (Å²) in [5, 5.41) is 0. The fourth-order valence-electron chi connectivity index (χ4n) is 4.98. The second-order valence-corrected chi connectivity index (χ2v) is 8.79. The molecule has 0 spiro atoms. The Morgan fingerprint density at radius 2 is 1.58 bits per heavy atom. The van der Waals surface area contributed by atoms with Gasteiger partial charge in [0, 0.05) is 32.2 Å². The van der Waals surface area contributed by atoms with Crippen LogP contribution >= 0.6 is 0 Å². The first-order valence-corrected chi connectivity index (χ1v) is 12.0. The zero-order valence-electron chi connectivity index (χ0n) is 18.9. The Kier molecular flexibility index (Phi) is 6.96. The number of benzene rings is 1. The number of ether oxygens (including phenoxy) is 1. The molecule has 1 saturated carbocycles. The van der Waals surface area contributed by atoms with Gasteiger partial charge in [-0.25, -0.2) is 0 Å². The molecule has 0 bridgehead atoms. The van der Waals surface area contributed by atoms with Crippen LogP contribution in [-0.4, -0.2) is 71.9 Å². The highest BCUT2D eigenvalue weighted by Gasteiger charge is 2.45. The third kappa shape index (κ3) is 4.49. The smallest absolute Gasteiger partial charge is 0.278 e. The average molecular weight is 426 g/mol. The van der Waals surface area contributed by atoms with E-state index in [2.05, 4.69) is 23.6 Å². The Hall–Kier alpha value is -2.34. The molecule has 6 nitrogen and oxygen atoms in total. The summed E-state index contributed by atoms with van der Waals surface area (Å²) in [6.07, 6.45) is 6.16. The summed E-state index contributed by atoms with van der Waals surface area (Å²) in [5.74, 6) is 0.584. The zero-order valence-corrected chi connectivity index (χ0v) is 18.9. The van der Waals surface area contributed by atoms with Gasteiger partial charge < -0.3 is 14.5 Å². The van der Waals surface area contributed by atoms with Crippen LogP contribution in [0.5, 0.6) is 5.75 Å². The van der Waals surface area contributed by atoms with Crippen LogP contribution in [0.15, 0.2) is 30.0 Å². The number of carbonyl (C=O) groups is 2. The number of nitrogens with zero attached hydrogens (tertiary/aromatic N) is 3. The van der Waals surface area contributed by atoms with Crippen LogP contribution in [0.3, 0.4) is 0 Å². The maximum absolute atomic E-state index is 13.6. The molecule has 6 heteroatoms. The first-order chi connectivity index (χ1) is 15.1. The molecule has 168 valence electrons. The monoisotopic (exact) mass is 425 g/mol. The lowest BCUT2D eigenvalue weighted by molar-refractivity contribution is -0.141. The van der Waals surface area contributed by atoms with Crippen molar-refractivity contribution in [1.82, 2.24) is 14.7 Å². The normalized spacial score (nSPS) is 21.4. The molecule has 1 aromatic rings. The number of imide groups is 1. The molecule has 2 aliphatic heterocycles. The van der Waals surface area contributed by atoms with E-state index in [0.717, 1.165) is 76.1 Å². The second-order valence-electron chi connectivity index (χ2n) is 8.79. The van der Waals surface area contributed by atoms with E-state index in [1.807, 2.05) is 24.3 Å². The SMILES string of the molecule is CCCOc1ccc(C2=C(N3CCN(CC)CC3)C(=O)N(C3CCCCC3)C2=O)cc1. The fraction of sp³-hybridized carbons (Fsp3) is 0.600. The van der Waals surface area contributed by atoms with Crippen molar-refractivity contribution < 1.29 is 14.3 Å². The van der Waals surface area contributed by atoms with Crippen LogP contribution in [0.1, 0.15) is 57.9 Å². The van der Waals surface area contributed by atoms with Crippen molar-refractivity contribution in [2.75, 3.05) is 39.3 Å². The number of rotatable bonds is 7. The second kappa shape index (κ2) is 9.86. The first-order valence-electron chi connectivity index (χ1n) is 12.0. The van der Waals surface area contributed by atoms with Crippen LogP contribution in [0.2, 0.25) is 0 Å². The van der Waals surface area contributed by atoms with Crippen LogP contribution < -0.4 is 4.74 Å². The largest absolute Gasteiger partial charge is 0.494 e. The highest BCUT2D eigenvalue weighted by Crippen LogP contribution is 2.36. The average Bonchev–Trinajstić information content (AvgIpc) is 3.08. The molecule has 0 atom stereocenters. The Bertz CT molecular complexity index is 819. The van der Waals surface area contributed by atoms with Gasteiger partial charge in [0.25, 0.3) is 11.8 Å². The Morgan fingerprint density at radius 1 is 0.903 bits per heavy atom. The highest BCUT2D eigenvalue weighted by molar-refractivity contribution is 6.35. The Balaban J connectivity index is 1.66. The molecule has 1 saturated heterocycles. The topological polar surface area (TPSA) is 53.1 Å². The van der Waals surface area contributed by atoms with Crippen molar-refractivity contribution in [2.45, 2.75) is 58.4 Å². The molecule has 3 aliphatic rings. The van der Waals surface area contributed by atoms with Gasteiger partial charge in [0.05, 0.1) is 12.2 Å². The molecule has 0 aromatic heterocycles. The third-order valence-electron chi connectivity index (χ3n) is 6.78. The van der Waals surface area contributed by atoms with Crippen molar-refractivity contribution in [2.24, 2.45) is 0 Å². The van der Waals surface area contributed by atoms with Gasteiger partial charge >= 0.3 is 0 Å². The maximum atomic E-state index is 13.6. The first kappa shape index (κ1) is 21.9. The van der Waals surface area contributed by atoms with E-state index in [-0.39, 0.29) is 17.9 Å². The molecule has 31 heavy (non-hydrogen) atoms. The summed E-state index contributed by atoms with van der Waals surface area (Å²) < 4.78 is 5.71. The predicted octanol–water partition coefficient (Wildman–Crippen LogP) is 3.53. The van der Waals surface area contributed by atoms with Gasteiger partial charge in [0.2, 0.25) is 0 Å².